The first-order valence-electron chi connectivity index (χ1n) is 7.16. The number of hydrogen-bond acceptors (Lipinski definition) is 3. The minimum absolute atomic E-state index is 0.0486. The number of rotatable bonds is 7. The molecule has 0 aliphatic carbocycles. The van der Waals surface area contributed by atoms with Crippen LogP contribution >= 0.6 is 0 Å². The second kappa shape index (κ2) is 7.56. The first-order chi connectivity index (χ1) is 9.84. The molecule has 0 unspecified atom stereocenters. The monoisotopic (exact) mass is 312 g/mol. The van der Waals surface area contributed by atoms with Crippen LogP contribution in [0.1, 0.15) is 37.0 Å². The summed E-state index contributed by atoms with van der Waals surface area (Å²) in [4.78, 5) is 14.4. The average Bonchev–Trinajstić information content (AvgIpc) is 2.46. The third-order valence-electron chi connectivity index (χ3n) is 3.15. The highest BCUT2D eigenvalue weighted by Crippen LogP contribution is 2.15. The summed E-state index contributed by atoms with van der Waals surface area (Å²) in [5.74, 6) is -0.0486. The van der Waals surface area contributed by atoms with Crippen molar-refractivity contribution in [2.24, 2.45) is 0 Å². The topological polar surface area (TPSA) is 57.7 Å². The van der Waals surface area contributed by atoms with Gasteiger partial charge in [-0.3, -0.25) is 4.79 Å². The second-order valence-electron chi connectivity index (χ2n) is 5.10. The molecule has 0 fully saturated rings. The fourth-order valence-electron chi connectivity index (χ4n) is 2.02. The van der Waals surface area contributed by atoms with Crippen LogP contribution in [0.25, 0.3) is 0 Å². The Morgan fingerprint density at radius 1 is 1.00 bits per heavy atom. The van der Waals surface area contributed by atoms with E-state index in [2.05, 4.69) is 0 Å². The van der Waals surface area contributed by atoms with Gasteiger partial charge in [0.2, 0.25) is 10.0 Å². The van der Waals surface area contributed by atoms with Gasteiger partial charge in [-0.2, -0.15) is 0 Å². The summed E-state index contributed by atoms with van der Waals surface area (Å²) in [6.07, 6.45) is 1.80. The highest BCUT2D eigenvalue weighted by atomic mass is 32.2. The summed E-state index contributed by atoms with van der Waals surface area (Å²) < 4.78 is 25.1. The smallest absolute Gasteiger partial charge is 0.253 e. The van der Waals surface area contributed by atoms with Gasteiger partial charge < -0.3 is 4.90 Å². The quantitative estimate of drug-likeness (QED) is 0.775. The van der Waals surface area contributed by atoms with Crippen molar-refractivity contribution in [1.29, 1.82) is 0 Å². The number of benzene rings is 1. The molecule has 21 heavy (non-hydrogen) atoms. The molecule has 6 heteroatoms. The Balaban J connectivity index is 2.99. The standard InChI is InChI=1S/C15H24N2O3S/c1-5-11-17(12-6-2)15(18)13-7-9-14(10-8-13)21(19,20)16(3)4/h7-10H,5-6,11-12H2,1-4H3. The average molecular weight is 312 g/mol. The van der Waals surface area contributed by atoms with Crippen LogP contribution < -0.4 is 0 Å². The first kappa shape index (κ1) is 17.7. The van der Waals surface area contributed by atoms with E-state index in [0.717, 1.165) is 17.1 Å². The van der Waals surface area contributed by atoms with Crippen LogP contribution in [0.15, 0.2) is 29.2 Å². The molecular formula is C15H24N2O3S. The van der Waals surface area contributed by atoms with Crippen molar-refractivity contribution in [3.63, 3.8) is 0 Å². The van der Waals surface area contributed by atoms with Gasteiger partial charge in [0.25, 0.3) is 5.91 Å². The highest BCUT2D eigenvalue weighted by molar-refractivity contribution is 7.89. The lowest BCUT2D eigenvalue weighted by Crippen LogP contribution is -2.32. The zero-order valence-corrected chi connectivity index (χ0v) is 14.0. The highest BCUT2D eigenvalue weighted by Gasteiger charge is 2.19. The zero-order valence-electron chi connectivity index (χ0n) is 13.2. The number of nitrogens with zero attached hydrogens (tertiary/aromatic N) is 2. The molecule has 0 saturated carbocycles. The molecule has 0 heterocycles. The van der Waals surface area contributed by atoms with Gasteiger partial charge in [0.05, 0.1) is 4.90 Å². The van der Waals surface area contributed by atoms with E-state index in [0.29, 0.717) is 18.7 Å². The van der Waals surface area contributed by atoms with Crippen molar-refractivity contribution in [3.05, 3.63) is 29.8 Å². The fraction of sp³-hybridized carbons (Fsp3) is 0.533. The molecular weight excluding hydrogens is 288 g/mol. The van der Waals surface area contributed by atoms with E-state index >= 15 is 0 Å². The van der Waals surface area contributed by atoms with Crippen LogP contribution in [0.5, 0.6) is 0 Å². The molecule has 5 nitrogen and oxygen atoms in total. The summed E-state index contributed by atoms with van der Waals surface area (Å²) in [5, 5.41) is 0. The molecule has 0 aliphatic rings. The van der Waals surface area contributed by atoms with Crippen molar-refractivity contribution in [1.82, 2.24) is 9.21 Å². The molecule has 0 aromatic heterocycles. The lowest BCUT2D eigenvalue weighted by Gasteiger charge is -2.21. The second-order valence-corrected chi connectivity index (χ2v) is 7.26. The molecule has 1 amide bonds. The Labute approximate surface area is 127 Å². The Kier molecular flexibility index (Phi) is 6.36. The van der Waals surface area contributed by atoms with Gasteiger partial charge in [0.1, 0.15) is 0 Å². The van der Waals surface area contributed by atoms with Crippen molar-refractivity contribution in [2.75, 3.05) is 27.2 Å². The van der Waals surface area contributed by atoms with Crippen molar-refractivity contribution in [2.45, 2.75) is 31.6 Å². The van der Waals surface area contributed by atoms with Gasteiger partial charge in [0.15, 0.2) is 0 Å². The summed E-state index contributed by atoms with van der Waals surface area (Å²) in [6.45, 7) is 5.49. The zero-order chi connectivity index (χ0) is 16.0. The van der Waals surface area contributed by atoms with E-state index in [4.69, 9.17) is 0 Å². The number of carbonyl (C=O) groups excluding carboxylic acids is 1. The first-order valence-corrected chi connectivity index (χ1v) is 8.60. The summed E-state index contributed by atoms with van der Waals surface area (Å²) in [7, 11) is -0.482. The Morgan fingerprint density at radius 3 is 1.86 bits per heavy atom. The molecule has 1 aromatic rings. The van der Waals surface area contributed by atoms with Crippen LogP contribution in [0.3, 0.4) is 0 Å². The minimum atomic E-state index is -3.45. The van der Waals surface area contributed by atoms with Crippen LogP contribution in [0.4, 0.5) is 0 Å². The van der Waals surface area contributed by atoms with Gasteiger partial charge >= 0.3 is 0 Å². The van der Waals surface area contributed by atoms with E-state index < -0.39 is 10.0 Å². The lowest BCUT2D eigenvalue weighted by molar-refractivity contribution is 0.0755. The largest absolute Gasteiger partial charge is 0.339 e. The normalized spacial score (nSPS) is 11.7. The predicted octanol–water partition coefficient (Wildman–Crippen LogP) is 2.20. The predicted molar refractivity (Wildman–Crippen MR) is 83.8 cm³/mol. The van der Waals surface area contributed by atoms with Gasteiger partial charge in [-0.15, -0.1) is 0 Å². The summed E-state index contributed by atoms with van der Waals surface area (Å²) in [6, 6.07) is 6.13. The summed E-state index contributed by atoms with van der Waals surface area (Å²) >= 11 is 0. The Hall–Kier alpha value is -1.40. The van der Waals surface area contributed by atoms with E-state index in [1.807, 2.05) is 13.8 Å². The minimum Gasteiger partial charge on any atom is -0.339 e. The van der Waals surface area contributed by atoms with Crippen LogP contribution in [0, 0.1) is 0 Å². The van der Waals surface area contributed by atoms with Gasteiger partial charge in [0, 0.05) is 32.7 Å². The van der Waals surface area contributed by atoms with E-state index in [-0.39, 0.29) is 10.8 Å². The van der Waals surface area contributed by atoms with Crippen LogP contribution in [-0.2, 0) is 10.0 Å². The van der Waals surface area contributed by atoms with Crippen LogP contribution in [0.2, 0.25) is 0 Å². The molecule has 0 aliphatic heterocycles. The maximum atomic E-state index is 12.4. The van der Waals surface area contributed by atoms with Crippen LogP contribution in [-0.4, -0.2) is 50.7 Å². The molecule has 0 spiro atoms. The molecule has 0 radical (unpaired) electrons. The third-order valence-corrected chi connectivity index (χ3v) is 4.98. The number of hydrogen-bond donors (Lipinski definition) is 0. The van der Waals surface area contributed by atoms with Gasteiger partial charge in [-0.25, -0.2) is 12.7 Å². The maximum Gasteiger partial charge on any atom is 0.253 e. The van der Waals surface area contributed by atoms with Crippen molar-refractivity contribution in [3.8, 4) is 0 Å². The SMILES string of the molecule is CCCN(CCC)C(=O)c1ccc(S(=O)(=O)N(C)C)cc1. The van der Waals surface area contributed by atoms with Gasteiger partial charge in [-0.05, 0) is 37.1 Å². The maximum absolute atomic E-state index is 12.4. The molecule has 1 aromatic carbocycles. The molecule has 0 saturated heterocycles. The molecule has 0 atom stereocenters. The van der Waals surface area contributed by atoms with E-state index in [1.165, 1.54) is 26.2 Å². The number of carbonyl (C=O) groups is 1. The number of sulfonamides is 1. The third kappa shape index (κ3) is 4.28. The van der Waals surface area contributed by atoms with Crippen molar-refractivity contribution < 1.29 is 13.2 Å². The number of amides is 1. The Morgan fingerprint density at radius 2 is 1.48 bits per heavy atom. The molecule has 0 bridgehead atoms. The van der Waals surface area contributed by atoms with E-state index in [9.17, 15) is 13.2 Å². The van der Waals surface area contributed by atoms with Gasteiger partial charge in [-0.1, -0.05) is 13.8 Å². The fourth-order valence-corrected chi connectivity index (χ4v) is 2.92. The lowest BCUT2D eigenvalue weighted by atomic mass is 10.2. The molecule has 0 N–H and O–H groups in total. The molecule has 1 rings (SSSR count). The van der Waals surface area contributed by atoms with E-state index in [1.54, 1.807) is 17.0 Å². The molecule has 118 valence electrons. The summed E-state index contributed by atoms with van der Waals surface area (Å²) in [5.41, 5.74) is 0.523. The van der Waals surface area contributed by atoms with Crippen molar-refractivity contribution >= 4 is 15.9 Å². The Bertz CT molecular complexity index is 559.